The van der Waals surface area contributed by atoms with E-state index < -0.39 is 5.92 Å². The van der Waals surface area contributed by atoms with Crippen LogP contribution in [0.2, 0.25) is 5.02 Å². The summed E-state index contributed by atoms with van der Waals surface area (Å²) < 4.78 is 5.22. The maximum atomic E-state index is 12.6. The van der Waals surface area contributed by atoms with E-state index in [1.165, 1.54) is 0 Å². The lowest BCUT2D eigenvalue weighted by molar-refractivity contribution is -0.126. The van der Waals surface area contributed by atoms with Crippen molar-refractivity contribution in [2.75, 3.05) is 11.4 Å². The fourth-order valence-corrected chi connectivity index (χ4v) is 3.76. The molecule has 7 nitrogen and oxygen atoms in total. The molecule has 1 atom stereocenters. The molecular weight excluding hydrogens is 404 g/mol. The van der Waals surface area contributed by atoms with Crippen LogP contribution in [0.25, 0.3) is 11.4 Å². The second-order valence-electron chi connectivity index (χ2n) is 7.13. The standard InChI is InChI=1S/C22H21ClN4O3/c1-2-14-6-3-4-9-18(14)27-13-16(11-20(27)28)22(29)24-12-19-25-21(26-30-19)15-7-5-8-17(23)10-15/h3-10,16H,2,11-13H2,1H3,(H,24,29). The Morgan fingerprint density at radius 1 is 1.27 bits per heavy atom. The molecule has 154 valence electrons. The molecule has 3 aromatic rings. The maximum absolute atomic E-state index is 12.6. The molecule has 1 fully saturated rings. The Bertz CT molecular complexity index is 1080. The van der Waals surface area contributed by atoms with Crippen LogP contribution in [-0.4, -0.2) is 28.5 Å². The van der Waals surface area contributed by atoms with E-state index in [0.29, 0.717) is 17.4 Å². The molecule has 2 aromatic carbocycles. The van der Waals surface area contributed by atoms with E-state index in [9.17, 15) is 9.59 Å². The molecule has 30 heavy (non-hydrogen) atoms. The fourth-order valence-electron chi connectivity index (χ4n) is 3.57. The molecule has 8 heteroatoms. The van der Waals surface area contributed by atoms with Crippen molar-refractivity contribution in [3.63, 3.8) is 0 Å². The van der Waals surface area contributed by atoms with E-state index in [4.69, 9.17) is 16.1 Å². The van der Waals surface area contributed by atoms with Crippen LogP contribution in [0.15, 0.2) is 53.1 Å². The maximum Gasteiger partial charge on any atom is 0.246 e. The molecule has 0 bridgehead atoms. The second-order valence-corrected chi connectivity index (χ2v) is 7.56. The van der Waals surface area contributed by atoms with Crippen LogP contribution in [0.1, 0.15) is 24.8 Å². The minimum atomic E-state index is -0.419. The summed E-state index contributed by atoms with van der Waals surface area (Å²) in [5.74, 6) is 0.0214. The number of para-hydroxylation sites is 1. The van der Waals surface area contributed by atoms with Gasteiger partial charge in [-0.3, -0.25) is 9.59 Å². The minimum absolute atomic E-state index is 0.0444. The van der Waals surface area contributed by atoms with E-state index in [-0.39, 0.29) is 30.7 Å². The smallest absolute Gasteiger partial charge is 0.246 e. The number of nitrogens with zero attached hydrogens (tertiary/aromatic N) is 3. The predicted molar refractivity (Wildman–Crippen MR) is 113 cm³/mol. The van der Waals surface area contributed by atoms with Gasteiger partial charge in [0.25, 0.3) is 0 Å². The number of rotatable bonds is 6. The van der Waals surface area contributed by atoms with Crippen molar-refractivity contribution in [1.82, 2.24) is 15.5 Å². The molecule has 4 rings (SSSR count). The predicted octanol–water partition coefficient (Wildman–Crippen LogP) is 3.62. The third kappa shape index (κ3) is 4.21. The van der Waals surface area contributed by atoms with Gasteiger partial charge < -0.3 is 14.7 Å². The number of benzene rings is 2. The van der Waals surface area contributed by atoms with E-state index in [0.717, 1.165) is 23.2 Å². The van der Waals surface area contributed by atoms with Crippen molar-refractivity contribution in [1.29, 1.82) is 0 Å². The van der Waals surface area contributed by atoms with Gasteiger partial charge >= 0.3 is 0 Å². The average molecular weight is 425 g/mol. The van der Waals surface area contributed by atoms with Crippen molar-refractivity contribution in [3.05, 3.63) is 65.0 Å². The molecule has 0 aliphatic carbocycles. The van der Waals surface area contributed by atoms with Crippen LogP contribution >= 0.6 is 11.6 Å². The molecule has 0 radical (unpaired) electrons. The van der Waals surface area contributed by atoms with Crippen LogP contribution in [0.4, 0.5) is 5.69 Å². The van der Waals surface area contributed by atoms with Crippen LogP contribution in [0, 0.1) is 5.92 Å². The Hall–Kier alpha value is -3.19. The molecule has 1 aliphatic heterocycles. The number of hydrogen-bond acceptors (Lipinski definition) is 5. The number of aromatic nitrogens is 2. The number of carbonyl (C=O) groups is 2. The zero-order chi connectivity index (χ0) is 21.1. The van der Waals surface area contributed by atoms with Crippen LogP contribution in [0.5, 0.6) is 0 Å². The lowest BCUT2D eigenvalue weighted by Crippen LogP contribution is -2.33. The molecule has 1 unspecified atom stereocenters. The summed E-state index contributed by atoms with van der Waals surface area (Å²) in [6.45, 7) is 2.51. The Labute approximate surface area is 179 Å². The summed E-state index contributed by atoms with van der Waals surface area (Å²) in [5, 5.41) is 7.30. The van der Waals surface area contributed by atoms with Crippen molar-refractivity contribution >= 4 is 29.1 Å². The Morgan fingerprint density at radius 3 is 2.90 bits per heavy atom. The number of amides is 2. The normalized spacial score (nSPS) is 16.1. The highest BCUT2D eigenvalue weighted by Crippen LogP contribution is 2.28. The number of nitrogens with one attached hydrogen (secondary N) is 1. The van der Waals surface area contributed by atoms with Crippen LogP contribution in [0.3, 0.4) is 0 Å². The molecule has 0 saturated carbocycles. The zero-order valence-corrected chi connectivity index (χ0v) is 17.2. The van der Waals surface area contributed by atoms with E-state index in [2.05, 4.69) is 15.5 Å². The third-order valence-electron chi connectivity index (χ3n) is 5.12. The quantitative estimate of drug-likeness (QED) is 0.652. The highest BCUT2D eigenvalue weighted by molar-refractivity contribution is 6.30. The topological polar surface area (TPSA) is 88.3 Å². The van der Waals surface area contributed by atoms with E-state index >= 15 is 0 Å². The van der Waals surface area contributed by atoms with E-state index in [1.54, 1.807) is 23.1 Å². The molecule has 2 heterocycles. The van der Waals surface area contributed by atoms with Gasteiger partial charge in [0.15, 0.2) is 0 Å². The molecule has 2 amide bonds. The number of halogens is 1. The Kier molecular flexibility index (Phi) is 5.81. The Balaban J connectivity index is 1.38. The first kappa shape index (κ1) is 20.1. The molecular formula is C22H21ClN4O3. The second kappa shape index (κ2) is 8.67. The molecule has 1 aromatic heterocycles. The SMILES string of the molecule is CCc1ccccc1N1CC(C(=O)NCc2nc(-c3cccc(Cl)c3)no2)CC1=O. The monoisotopic (exact) mass is 424 g/mol. The molecule has 1 N–H and O–H groups in total. The van der Waals surface area contributed by atoms with Gasteiger partial charge in [0.1, 0.15) is 0 Å². The summed E-state index contributed by atoms with van der Waals surface area (Å²) >= 11 is 5.99. The lowest BCUT2D eigenvalue weighted by atomic mass is 10.1. The van der Waals surface area contributed by atoms with Gasteiger partial charge in [-0.1, -0.05) is 54.0 Å². The largest absolute Gasteiger partial charge is 0.347 e. The molecule has 1 saturated heterocycles. The third-order valence-corrected chi connectivity index (χ3v) is 5.36. The van der Waals surface area contributed by atoms with Crippen molar-refractivity contribution < 1.29 is 14.1 Å². The number of hydrogen-bond donors (Lipinski definition) is 1. The van der Waals surface area contributed by atoms with Gasteiger partial charge in [0.05, 0.1) is 12.5 Å². The first-order chi connectivity index (χ1) is 14.5. The van der Waals surface area contributed by atoms with Gasteiger partial charge in [0.2, 0.25) is 23.5 Å². The summed E-state index contributed by atoms with van der Waals surface area (Å²) in [7, 11) is 0. The van der Waals surface area contributed by atoms with Crippen LogP contribution in [-0.2, 0) is 22.6 Å². The fraction of sp³-hybridized carbons (Fsp3) is 0.273. The van der Waals surface area contributed by atoms with Crippen molar-refractivity contribution in [3.8, 4) is 11.4 Å². The molecule has 1 aliphatic rings. The summed E-state index contributed by atoms with van der Waals surface area (Å²) in [5.41, 5.74) is 2.70. The lowest BCUT2D eigenvalue weighted by Gasteiger charge is -2.19. The number of anilines is 1. The van der Waals surface area contributed by atoms with Gasteiger partial charge in [-0.2, -0.15) is 4.98 Å². The van der Waals surface area contributed by atoms with Gasteiger partial charge in [-0.05, 0) is 30.2 Å². The zero-order valence-electron chi connectivity index (χ0n) is 16.5. The van der Waals surface area contributed by atoms with Crippen molar-refractivity contribution in [2.45, 2.75) is 26.3 Å². The molecule has 0 spiro atoms. The summed E-state index contributed by atoms with van der Waals surface area (Å²) in [6.07, 6.45) is 1.00. The van der Waals surface area contributed by atoms with Crippen molar-refractivity contribution in [2.24, 2.45) is 5.92 Å². The average Bonchev–Trinajstić information content (AvgIpc) is 3.39. The number of carbonyl (C=O) groups excluding carboxylic acids is 2. The summed E-state index contributed by atoms with van der Waals surface area (Å²) in [4.78, 5) is 31.1. The number of aryl methyl sites for hydroxylation is 1. The first-order valence-corrected chi connectivity index (χ1v) is 10.2. The summed E-state index contributed by atoms with van der Waals surface area (Å²) in [6, 6.07) is 14.9. The van der Waals surface area contributed by atoms with Gasteiger partial charge in [-0.15, -0.1) is 0 Å². The van der Waals surface area contributed by atoms with E-state index in [1.807, 2.05) is 37.3 Å². The van der Waals surface area contributed by atoms with Gasteiger partial charge in [0, 0.05) is 29.2 Å². The minimum Gasteiger partial charge on any atom is -0.347 e. The Morgan fingerprint density at radius 2 is 2.10 bits per heavy atom. The first-order valence-electron chi connectivity index (χ1n) is 9.79. The highest BCUT2D eigenvalue weighted by atomic mass is 35.5. The highest BCUT2D eigenvalue weighted by Gasteiger charge is 2.35. The van der Waals surface area contributed by atoms with Gasteiger partial charge in [-0.25, -0.2) is 0 Å². The van der Waals surface area contributed by atoms with Crippen LogP contribution < -0.4 is 10.2 Å².